The minimum absolute atomic E-state index is 0.0160. The molecule has 0 saturated carbocycles. The van der Waals surface area contributed by atoms with E-state index in [1.54, 1.807) is 0 Å². The maximum Gasteiger partial charge on any atom is 0.260 e. The van der Waals surface area contributed by atoms with Crippen molar-refractivity contribution < 1.29 is 14.3 Å². The normalized spacial score (nSPS) is 19.9. The van der Waals surface area contributed by atoms with Crippen LogP contribution in [0.2, 0.25) is 0 Å². The summed E-state index contributed by atoms with van der Waals surface area (Å²) in [7, 11) is 0. The van der Waals surface area contributed by atoms with Crippen molar-refractivity contribution in [3.05, 3.63) is 87.6 Å². The lowest BCUT2D eigenvalue weighted by Crippen LogP contribution is -2.56. The van der Waals surface area contributed by atoms with Gasteiger partial charge in [-0.05, 0) is 60.5 Å². The van der Waals surface area contributed by atoms with E-state index in [9.17, 15) is 9.59 Å². The number of hydrogen-bond donors (Lipinski definition) is 0. The largest absolute Gasteiger partial charge is 0.484 e. The van der Waals surface area contributed by atoms with Crippen LogP contribution in [-0.4, -0.2) is 71.9 Å². The van der Waals surface area contributed by atoms with Gasteiger partial charge in [-0.3, -0.25) is 14.5 Å². The lowest BCUT2D eigenvalue weighted by atomic mass is 9.90. The monoisotopic (exact) mass is 517 g/mol. The third kappa shape index (κ3) is 5.73. The average molecular weight is 518 g/mol. The van der Waals surface area contributed by atoms with Crippen LogP contribution in [0.5, 0.6) is 5.75 Å². The number of nitrogens with zero attached hydrogens (tertiary/aromatic N) is 3. The van der Waals surface area contributed by atoms with E-state index in [4.69, 9.17) is 4.74 Å². The van der Waals surface area contributed by atoms with Crippen LogP contribution in [0.15, 0.2) is 66.0 Å². The summed E-state index contributed by atoms with van der Waals surface area (Å²) in [6.45, 7) is 7.55. The topological polar surface area (TPSA) is 53.1 Å². The summed E-state index contributed by atoms with van der Waals surface area (Å²) >= 11 is 1.84. The van der Waals surface area contributed by atoms with E-state index >= 15 is 0 Å². The molecule has 6 nitrogen and oxygen atoms in total. The van der Waals surface area contributed by atoms with Crippen molar-refractivity contribution in [2.24, 2.45) is 0 Å². The summed E-state index contributed by atoms with van der Waals surface area (Å²) in [6.07, 6.45) is 1.52. The van der Waals surface area contributed by atoms with Crippen molar-refractivity contribution in [3.8, 4) is 5.75 Å². The van der Waals surface area contributed by atoms with Crippen molar-refractivity contribution in [3.63, 3.8) is 0 Å². The van der Waals surface area contributed by atoms with Gasteiger partial charge >= 0.3 is 0 Å². The van der Waals surface area contributed by atoms with Gasteiger partial charge in [-0.2, -0.15) is 0 Å². The van der Waals surface area contributed by atoms with E-state index in [0.717, 1.165) is 19.5 Å². The number of ether oxygens (including phenoxy) is 1. The number of thiophene rings is 1. The predicted octanol–water partition coefficient (Wildman–Crippen LogP) is 4.53. The molecule has 2 atom stereocenters. The van der Waals surface area contributed by atoms with Crippen LogP contribution in [0.4, 0.5) is 0 Å². The number of aryl methyl sites for hydroxylation is 1. The van der Waals surface area contributed by atoms with Gasteiger partial charge < -0.3 is 14.5 Å². The van der Waals surface area contributed by atoms with Gasteiger partial charge in [0.1, 0.15) is 5.75 Å². The van der Waals surface area contributed by atoms with Crippen molar-refractivity contribution in [2.75, 3.05) is 39.3 Å². The predicted molar refractivity (Wildman–Crippen MR) is 147 cm³/mol. The molecule has 0 bridgehead atoms. The molecule has 0 aliphatic carbocycles. The highest BCUT2D eigenvalue weighted by Gasteiger charge is 2.33. The van der Waals surface area contributed by atoms with Crippen molar-refractivity contribution in [2.45, 2.75) is 38.8 Å². The Morgan fingerprint density at radius 3 is 2.51 bits per heavy atom. The highest BCUT2D eigenvalue weighted by atomic mass is 32.1. The molecule has 5 rings (SSSR count). The Hall–Kier alpha value is -3.16. The standard InChI is InChI=1S/C30H35N3O3S/c1-22-8-6-7-11-25(22)30-26-14-19-37-27(26)12-15-31(30)16-13-28(34)32-17-18-33(23(2)20-32)29(35)21-36-24-9-4-3-5-10-24/h3-11,14,19,23,30H,12-13,15-18,20-21H2,1-2H3. The van der Waals surface area contributed by atoms with Gasteiger partial charge in [0.2, 0.25) is 5.91 Å². The molecule has 2 aliphatic rings. The molecule has 7 heteroatoms. The van der Waals surface area contributed by atoms with Gasteiger partial charge in [0, 0.05) is 50.1 Å². The van der Waals surface area contributed by atoms with E-state index < -0.39 is 0 Å². The lowest BCUT2D eigenvalue weighted by Gasteiger charge is -2.41. The molecule has 0 N–H and O–H groups in total. The molecule has 0 radical (unpaired) electrons. The number of piperazine rings is 1. The Kier molecular flexibility index (Phi) is 7.91. The molecule has 194 valence electrons. The van der Waals surface area contributed by atoms with E-state index in [1.165, 1.54) is 21.6 Å². The first-order valence-corrected chi connectivity index (χ1v) is 14.0. The van der Waals surface area contributed by atoms with E-state index in [1.807, 2.05) is 58.4 Å². The number of hydrogen-bond acceptors (Lipinski definition) is 5. The van der Waals surface area contributed by atoms with E-state index in [0.29, 0.717) is 31.8 Å². The maximum atomic E-state index is 13.3. The number of benzene rings is 2. The van der Waals surface area contributed by atoms with Crippen molar-refractivity contribution >= 4 is 23.2 Å². The Labute approximate surface area is 223 Å². The summed E-state index contributed by atoms with van der Waals surface area (Å²) in [4.78, 5) is 33.7. The Morgan fingerprint density at radius 1 is 0.946 bits per heavy atom. The fraction of sp³-hybridized carbons (Fsp3) is 0.400. The second-order valence-electron chi connectivity index (χ2n) is 9.97. The number of rotatable bonds is 7. The molecule has 1 aromatic heterocycles. The summed E-state index contributed by atoms with van der Waals surface area (Å²) in [5, 5.41) is 2.19. The molecule has 2 amide bonds. The van der Waals surface area contributed by atoms with Crippen LogP contribution in [0.25, 0.3) is 0 Å². The van der Waals surface area contributed by atoms with Gasteiger partial charge in [0.15, 0.2) is 6.61 Å². The minimum atomic E-state index is -0.0376. The number of para-hydroxylation sites is 1. The van der Waals surface area contributed by atoms with E-state index in [-0.39, 0.29) is 30.5 Å². The average Bonchev–Trinajstić information content (AvgIpc) is 3.40. The minimum Gasteiger partial charge on any atom is -0.484 e. The summed E-state index contributed by atoms with van der Waals surface area (Å²) in [5.41, 5.74) is 4.00. The zero-order valence-electron chi connectivity index (χ0n) is 21.6. The van der Waals surface area contributed by atoms with Gasteiger partial charge in [-0.1, -0.05) is 42.5 Å². The highest BCUT2D eigenvalue weighted by Crippen LogP contribution is 2.38. The Balaban J connectivity index is 1.17. The molecular weight excluding hydrogens is 482 g/mol. The number of carbonyl (C=O) groups is 2. The van der Waals surface area contributed by atoms with Crippen LogP contribution < -0.4 is 4.74 Å². The van der Waals surface area contributed by atoms with Crippen LogP contribution in [0.1, 0.15) is 41.0 Å². The first-order valence-electron chi connectivity index (χ1n) is 13.1. The fourth-order valence-electron chi connectivity index (χ4n) is 5.56. The summed E-state index contributed by atoms with van der Waals surface area (Å²) in [6, 6.07) is 20.4. The molecule has 1 saturated heterocycles. The van der Waals surface area contributed by atoms with Crippen LogP contribution in [0, 0.1) is 6.92 Å². The third-order valence-corrected chi connectivity index (χ3v) is 8.56. The van der Waals surface area contributed by atoms with Gasteiger partial charge in [-0.25, -0.2) is 0 Å². The highest BCUT2D eigenvalue weighted by molar-refractivity contribution is 7.10. The smallest absolute Gasteiger partial charge is 0.260 e. The number of fused-ring (bicyclic) bond motifs is 1. The molecule has 2 aliphatic heterocycles. The second-order valence-corrected chi connectivity index (χ2v) is 11.0. The van der Waals surface area contributed by atoms with Gasteiger partial charge in [0.05, 0.1) is 6.04 Å². The quantitative estimate of drug-likeness (QED) is 0.462. The zero-order valence-corrected chi connectivity index (χ0v) is 22.5. The fourth-order valence-corrected chi connectivity index (χ4v) is 6.47. The summed E-state index contributed by atoms with van der Waals surface area (Å²) < 4.78 is 5.65. The first kappa shape index (κ1) is 25.5. The van der Waals surface area contributed by atoms with Crippen LogP contribution >= 0.6 is 11.3 Å². The number of amides is 2. The second kappa shape index (κ2) is 11.5. The van der Waals surface area contributed by atoms with Crippen molar-refractivity contribution in [1.29, 1.82) is 0 Å². The zero-order chi connectivity index (χ0) is 25.8. The summed E-state index contributed by atoms with van der Waals surface area (Å²) in [5.74, 6) is 0.817. The molecule has 0 spiro atoms. The van der Waals surface area contributed by atoms with Gasteiger partial charge in [0.25, 0.3) is 5.91 Å². The molecular formula is C30H35N3O3S. The van der Waals surface area contributed by atoms with Gasteiger partial charge in [-0.15, -0.1) is 11.3 Å². The molecule has 2 unspecified atom stereocenters. The van der Waals surface area contributed by atoms with E-state index in [2.05, 4.69) is 47.5 Å². The third-order valence-electron chi connectivity index (χ3n) is 7.57. The van der Waals surface area contributed by atoms with Crippen LogP contribution in [-0.2, 0) is 16.0 Å². The molecule has 2 aromatic carbocycles. The molecule has 3 heterocycles. The first-order chi connectivity index (χ1) is 18.0. The molecule has 3 aromatic rings. The SMILES string of the molecule is Cc1ccccc1C1c2ccsc2CCN1CCC(=O)N1CCN(C(=O)COc2ccccc2)C(C)C1. The molecule has 1 fully saturated rings. The van der Waals surface area contributed by atoms with Crippen molar-refractivity contribution in [1.82, 2.24) is 14.7 Å². The lowest BCUT2D eigenvalue weighted by molar-refractivity contribution is -0.144. The molecule has 37 heavy (non-hydrogen) atoms. The Bertz CT molecular complexity index is 1230. The Morgan fingerprint density at radius 2 is 1.73 bits per heavy atom. The maximum absolute atomic E-state index is 13.3. The van der Waals surface area contributed by atoms with Crippen LogP contribution in [0.3, 0.4) is 0 Å². The number of carbonyl (C=O) groups excluding carboxylic acids is 2.